The molecule has 0 aliphatic heterocycles. The molecule has 4 nitrogen and oxygen atoms in total. The first-order valence-electron chi connectivity index (χ1n) is 7.63. The first kappa shape index (κ1) is 16.6. The van der Waals surface area contributed by atoms with E-state index in [1.807, 2.05) is 18.2 Å². The van der Waals surface area contributed by atoms with E-state index in [0.717, 1.165) is 37.1 Å². The van der Waals surface area contributed by atoms with Crippen molar-refractivity contribution < 1.29 is 9.90 Å². The molecule has 0 amide bonds. The van der Waals surface area contributed by atoms with E-state index in [9.17, 15) is 9.90 Å². The summed E-state index contributed by atoms with van der Waals surface area (Å²) in [5.74, 6) is -0.288. The van der Waals surface area contributed by atoms with Gasteiger partial charge in [0.25, 0.3) is 0 Å². The lowest BCUT2D eigenvalue weighted by atomic mass is 10.1. The fourth-order valence-electron chi connectivity index (χ4n) is 2.59. The number of carbonyl (C=O) groups is 1. The Kier molecular flexibility index (Phi) is 5.61. The van der Waals surface area contributed by atoms with Gasteiger partial charge in [-0.25, -0.2) is 9.78 Å². The van der Waals surface area contributed by atoms with Gasteiger partial charge in [-0.1, -0.05) is 56.1 Å². The van der Waals surface area contributed by atoms with E-state index in [2.05, 4.69) is 24.9 Å². The number of carboxylic acid groups (broad SMARTS) is 1. The number of rotatable bonds is 7. The lowest BCUT2D eigenvalue weighted by molar-refractivity contribution is 0.0685. The van der Waals surface area contributed by atoms with Gasteiger partial charge in [0.05, 0.1) is 0 Å². The van der Waals surface area contributed by atoms with E-state index in [1.165, 1.54) is 5.56 Å². The first-order valence-corrected chi connectivity index (χ1v) is 8.01. The number of halogens is 1. The van der Waals surface area contributed by atoms with Crippen LogP contribution in [0.2, 0.25) is 5.15 Å². The van der Waals surface area contributed by atoms with Crippen molar-refractivity contribution in [3.63, 3.8) is 0 Å². The van der Waals surface area contributed by atoms with Crippen LogP contribution in [0, 0.1) is 0 Å². The normalized spacial score (nSPS) is 10.9. The summed E-state index contributed by atoms with van der Waals surface area (Å²) in [6, 6.07) is 8.07. The van der Waals surface area contributed by atoms with Crippen LogP contribution < -0.4 is 0 Å². The molecule has 0 radical (unpaired) electrons. The summed E-state index contributed by atoms with van der Waals surface area (Å²) >= 11 is 6.05. The van der Waals surface area contributed by atoms with Gasteiger partial charge in [0.15, 0.2) is 10.8 Å². The number of hydrogen-bond acceptors (Lipinski definition) is 2. The lowest BCUT2D eigenvalue weighted by Crippen LogP contribution is -2.14. The number of hydrogen-bond donors (Lipinski definition) is 1. The highest BCUT2D eigenvalue weighted by Crippen LogP contribution is 2.22. The summed E-state index contributed by atoms with van der Waals surface area (Å²) < 4.78 is 1.74. The molecule has 0 aliphatic carbocycles. The summed E-state index contributed by atoms with van der Waals surface area (Å²) in [6.07, 6.45) is 3.63. The number of aromatic nitrogens is 2. The molecule has 5 heteroatoms. The number of unbranched alkanes of at least 4 members (excludes halogenated alkanes) is 1. The van der Waals surface area contributed by atoms with Crippen molar-refractivity contribution >= 4 is 17.6 Å². The van der Waals surface area contributed by atoms with E-state index in [1.54, 1.807) is 4.57 Å². The monoisotopic (exact) mass is 320 g/mol. The molecule has 2 rings (SSSR count). The smallest absolute Gasteiger partial charge is 0.355 e. The molecule has 1 N–H and O–H groups in total. The molecule has 0 aliphatic rings. The van der Waals surface area contributed by atoms with Crippen LogP contribution in [0.5, 0.6) is 0 Å². The minimum atomic E-state index is -1.03. The Bertz CT molecular complexity index is 665. The first-order chi connectivity index (χ1) is 10.6. The molecule has 2 aromatic rings. The van der Waals surface area contributed by atoms with Crippen molar-refractivity contribution in [3.8, 4) is 0 Å². The third-order valence-corrected chi connectivity index (χ3v) is 4.05. The van der Waals surface area contributed by atoms with Crippen LogP contribution in [-0.4, -0.2) is 20.6 Å². The standard InChI is InChI=1S/C17H21ClN2O2/c1-3-5-10-14-19-16(18)15(17(21)22)20(14)11-13-9-7-6-8-12(13)4-2/h6-9H,3-5,10-11H2,1-2H3,(H,21,22). The Balaban J connectivity index is 2.45. The predicted molar refractivity (Wildman–Crippen MR) is 87.7 cm³/mol. The zero-order valence-electron chi connectivity index (χ0n) is 13.0. The van der Waals surface area contributed by atoms with Crippen LogP contribution in [0.15, 0.2) is 24.3 Å². The second kappa shape index (κ2) is 7.45. The van der Waals surface area contributed by atoms with Crippen LogP contribution in [0.3, 0.4) is 0 Å². The van der Waals surface area contributed by atoms with Gasteiger partial charge in [-0.3, -0.25) is 0 Å². The van der Waals surface area contributed by atoms with Crippen LogP contribution in [-0.2, 0) is 19.4 Å². The average Bonchev–Trinajstić information content (AvgIpc) is 2.81. The number of imidazole rings is 1. The molecular weight excluding hydrogens is 300 g/mol. The number of aromatic carboxylic acids is 1. The highest BCUT2D eigenvalue weighted by Gasteiger charge is 2.21. The van der Waals surface area contributed by atoms with E-state index in [4.69, 9.17) is 11.6 Å². The fraction of sp³-hybridized carbons (Fsp3) is 0.412. The molecule has 0 fully saturated rings. The minimum absolute atomic E-state index is 0.0765. The summed E-state index contributed by atoms with van der Waals surface area (Å²) in [5, 5.41) is 9.52. The van der Waals surface area contributed by atoms with Gasteiger partial charge in [-0.05, 0) is 24.0 Å². The molecule has 0 unspecified atom stereocenters. The lowest BCUT2D eigenvalue weighted by Gasteiger charge is -2.13. The molecule has 0 bridgehead atoms. The van der Waals surface area contributed by atoms with Crippen LogP contribution in [0.1, 0.15) is 54.1 Å². The maximum absolute atomic E-state index is 11.5. The highest BCUT2D eigenvalue weighted by atomic mass is 35.5. The van der Waals surface area contributed by atoms with Crippen molar-refractivity contribution in [2.24, 2.45) is 0 Å². The van der Waals surface area contributed by atoms with Crippen LogP contribution in [0.4, 0.5) is 0 Å². The Morgan fingerprint density at radius 1 is 1.27 bits per heavy atom. The van der Waals surface area contributed by atoms with Gasteiger partial charge in [0, 0.05) is 13.0 Å². The van der Waals surface area contributed by atoms with Gasteiger partial charge in [-0.15, -0.1) is 0 Å². The molecule has 1 aromatic heterocycles. The maximum atomic E-state index is 11.5. The number of benzene rings is 1. The molecule has 22 heavy (non-hydrogen) atoms. The maximum Gasteiger partial charge on any atom is 0.355 e. The van der Waals surface area contributed by atoms with Crippen molar-refractivity contribution in [1.82, 2.24) is 9.55 Å². The van der Waals surface area contributed by atoms with E-state index in [0.29, 0.717) is 6.54 Å². The van der Waals surface area contributed by atoms with Crippen molar-refractivity contribution in [1.29, 1.82) is 0 Å². The zero-order valence-corrected chi connectivity index (χ0v) is 13.7. The van der Waals surface area contributed by atoms with Gasteiger partial charge < -0.3 is 9.67 Å². The largest absolute Gasteiger partial charge is 0.476 e. The van der Waals surface area contributed by atoms with Crippen molar-refractivity contribution in [2.45, 2.75) is 46.1 Å². The van der Waals surface area contributed by atoms with Crippen LogP contribution in [0.25, 0.3) is 0 Å². The molecular formula is C17H21ClN2O2. The van der Waals surface area contributed by atoms with E-state index >= 15 is 0 Å². The van der Waals surface area contributed by atoms with Gasteiger partial charge in [0.2, 0.25) is 0 Å². The minimum Gasteiger partial charge on any atom is -0.476 e. The third-order valence-electron chi connectivity index (χ3n) is 3.79. The SMILES string of the molecule is CCCCc1nc(Cl)c(C(=O)O)n1Cc1ccccc1CC. The van der Waals surface area contributed by atoms with Crippen molar-refractivity contribution in [2.75, 3.05) is 0 Å². The van der Waals surface area contributed by atoms with Gasteiger partial charge >= 0.3 is 5.97 Å². The quantitative estimate of drug-likeness (QED) is 0.832. The second-order valence-electron chi connectivity index (χ2n) is 5.28. The molecule has 0 spiro atoms. The van der Waals surface area contributed by atoms with Crippen LogP contribution >= 0.6 is 11.6 Å². The number of aryl methyl sites for hydroxylation is 2. The molecule has 118 valence electrons. The fourth-order valence-corrected chi connectivity index (χ4v) is 2.87. The highest BCUT2D eigenvalue weighted by molar-refractivity contribution is 6.32. The summed E-state index contributed by atoms with van der Waals surface area (Å²) in [7, 11) is 0. The van der Waals surface area contributed by atoms with Gasteiger partial charge in [0.1, 0.15) is 5.82 Å². The zero-order chi connectivity index (χ0) is 16.1. The van der Waals surface area contributed by atoms with E-state index in [-0.39, 0.29) is 10.8 Å². The Hall–Kier alpha value is -1.81. The Morgan fingerprint density at radius 3 is 2.55 bits per heavy atom. The third kappa shape index (κ3) is 3.50. The molecule has 1 aromatic carbocycles. The molecule has 1 heterocycles. The summed E-state index contributed by atoms with van der Waals surface area (Å²) in [6.45, 7) is 4.68. The molecule has 0 saturated heterocycles. The number of nitrogens with zero attached hydrogens (tertiary/aromatic N) is 2. The predicted octanol–water partition coefficient (Wildman–Crippen LogP) is 4.19. The Labute approximate surface area is 135 Å². The Morgan fingerprint density at radius 2 is 1.95 bits per heavy atom. The second-order valence-corrected chi connectivity index (χ2v) is 5.64. The topological polar surface area (TPSA) is 55.1 Å². The van der Waals surface area contributed by atoms with Gasteiger partial charge in [-0.2, -0.15) is 0 Å². The number of carboxylic acids is 1. The molecule has 0 atom stereocenters. The average molecular weight is 321 g/mol. The van der Waals surface area contributed by atoms with Crippen molar-refractivity contribution in [3.05, 3.63) is 52.1 Å². The summed E-state index contributed by atoms with van der Waals surface area (Å²) in [4.78, 5) is 15.8. The molecule has 0 saturated carbocycles. The van der Waals surface area contributed by atoms with E-state index < -0.39 is 5.97 Å². The summed E-state index contributed by atoms with van der Waals surface area (Å²) in [5.41, 5.74) is 2.41.